The van der Waals surface area contributed by atoms with Gasteiger partial charge in [-0.1, -0.05) is 11.8 Å². The van der Waals surface area contributed by atoms with Crippen LogP contribution in [0.25, 0.3) is 0 Å². The summed E-state index contributed by atoms with van der Waals surface area (Å²) in [6, 6.07) is 10.9. The molecule has 2 aromatic carbocycles. The zero-order chi connectivity index (χ0) is 14.7. The lowest BCUT2D eigenvalue weighted by Gasteiger charge is -2.09. The number of hydrogen-bond acceptors (Lipinski definition) is 4. The second kappa shape index (κ2) is 5.88. The van der Waals surface area contributed by atoms with E-state index in [9.17, 15) is 9.90 Å². The smallest absolute Gasteiger partial charge is 0.221 e. The Morgan fingerprint density at radius 2 is 1.90 bits per heavy atom. The Morgan fingerprint density at radius 3 is 2.50 bits per heavy atom. The van der Waals surface area contributed by atoms with Gasteiger partial charge >= 0.3 is 0 Å². The van der Waals surface area contributed by atoms with Crippen LogP contribution in [0.2, 0.25) is 0 Å². The molecule has 0 aliphatic carbocycles. The third-order valence-corrected chi connectivity index (χ3v) is 3.81. The lowest BCUT2D eigenvalue weighted by atomic mass is 10.2. The van der Waals surface area contributed by atoms with Crippen molar-refractivity contribution in [3.8, 4) is 5.75 Å². The van der Waals surface area contributed by atoms with Crippen molar-refractivity contribution in [3.63, 3.8) is 0 Å². The summed E-state index contributed by atoms with van der Waals surface area (Å²) < 4.78 is 0. The molecule has 0 saturated carbocycles. The van der Waals surface area contributed by atoms with Crippen molar-refractivity contribution >= 4 is 29.0 Å². The fourth-order valence-electron chi connectivity index (χ4n) is 1.72. The highest BCUT2D eigenvalue weighted by Crippen LogP contribution is 2.36. The van der Waals surface area contributed by atoms with E-state index in [1.165, 1.54) is 18.7 Å². The Hall–Kier alpha value is -2.14. The van der Waals surface area contributed by atoms with Crippen molar-refractivity contribution in [2.24, 2.45) is 0 Å². The number of hydrogen-bond donors (Lipinski definition) is 3. The van der Waals surface area contributed by atoms with Crippen LogP contribution in [0.1, 0.15) is 12.5 Å². The number of nitrogens with two attached hydrogens (primary N) is 1. The van der Waals surface area contributed by atoms with Gasteiger partial charge in [0.05, 0.1) is 0 Å². The number of amides is 1. The van der Waals surface area contributed by atoms with Crippen LogP contribution in [0, 0.1) is 6.92 Å². The first kappa shape index (κ1) is 14.3. The normalized spacial score (nSPS) is 10.3. The van der Waals surface area contributed by atoms with Gasteiger partial charge < -0.3 is 16.2 Å². The first-order valence-electron chi connectivity index (χ1n) is 6.10. The van der Waals surface area contributed by atoms with Crippen LogP contribution >= 0.6 is 11.8 Å². The van der Waals surface area contributed by atoms with Crippen LogP contribution < -0.4 is 11.1 Å². The van der Waals surface area contributed by atoms with Gasteiger partial charge in [-0.2, -0.15) is 0 Å². The highest BCUT2D eigenvalue weighted by atomic mass is 32.2. The van der Waals surface area contributed by atoms with E-state index < -0.39 is 0 Å². The highest BCUT2D eigenvalue weighted by molar-refractivity contribution is 7.99. The molecule has 2 aromatic rings. The maximum atomic E-state index is 10.9. The summed E-state index contributed by atoms with van der Waals surface area (Å²) in [5.74, 6) is 0.134. The maximum Gasteiger partial charge on any atom is 0.221 e. The van der Waals surface area contributed by atoms with Crippen LogP contribution in [0.15, 0.2) is 46.2 Å². The van der Waals surface area contributed by atoms with E-state index in [-0.39, 0.29) is 11.7 Å². The van der Waals surface area contributed by atoms with Crippen LogP contribution in [-0.4, -0.2) is 11.0 Å². The molecule has 0 unspecified atom stereocenters. The van der Waals surface area contributed by atoms with Crippen LogP contribution in [-0.2, 0) is 4.79 Å². The van der Waals surface area contributed by atoms with Crippen molar-refractivity contribution in [3.05, 3.63) is 42.0 Å². The molecule has 0 bridgehead atoms. The first-order valence-corrected chi connectivity index (χ1v) is 6.92. The Labute approximate surface area is 122 Å². The van der Waals surface area contributed by atoms with Gasteiger partial charge in [0.15, 0.2) is 0 Å². The average Bonchev–Trinajstić information content (AvgIpc) is 2.37. The van der Waals surface area contributed by atoms with Gasteiger partial charge in [-0.05, 0) is 48.9 Å². The monoisotopic (exact) mass is 288 g/mol. The number of aryl methyl sites for hydroxylation is 1. The van der Waals surface area contributed by atoms with Crippen LogP contribution in [0.5, 0.6) is 5.75 Å². The zero-order valence-electron chi connectivity index (χ0n) is 11.3. The van der Waals surface area contributed by atoms with Gasteiger partial charge in [0.2, 0.25) is 5.91 Å². The highest BCUT2D eigenvalue weighted by Gasteiger charge is 2.06. The number of nitrogens with one attached hydrogen (secondary N) is 1. The molecular formula is C15H16N2O2S. The number of anilines is 2. The molecule has 5 heteroatoms. The van der Waals surface area contributed by atoms with Gasteiger partial charge in [0.25, 0.3) is 0 Å². The summed E-state index contributed by atoms with van der Waals surface area (Å²) in [5, 5.41) is 12.4. The largest absolute Gasteiger partial charge is 0.508 e. The second-order valence-corrected chi connectivity index (χ2v) is 5.60. The molecule has 0 aromatic heterocycles. The van der Waals surface area contributed by atoms with Gasteiger partial charge in [-0.15, -0.1) is 0 Å². The molecule has 0 saturated heterocycles. The molecule has 0 aliphatic rings. The molecule has 4 N–H and O–H groups in total. The Kier molecular flexibility index (Phi) is 4.20. The van der Waals surface area contributed by atoms with Crippen LogP contribution in [0.3, 0.4) is 0 Å². The number of phenols is 1. The van der Waals surface area contributed by atoms with Crippen molar-refractivity contribution < 1.29 is 9.90 Å². The molecular weight excluding hydrogens is 272 g/mol. The van der Waals surface area contributed by atoms with Gasteiger partial charge in [-0.3, -0.25) is 4.79 Å². The third kappa shape index (κ3) is 3.45. The fourth-order valence-corrected chi connectivity index (χ4v) is 2.60. The summed E-state index contributed by atoms with van der Waals surface area (Å²) in [4.78, 5) is 12.7. The number of rotatable bonds is 3. The van der Waals surface area contributed by atoms with E-state index in [0.29, 0.717) is 5.69 Å². The van der Waals surface area contributed by atoms with Gasteiger partial charge in [0.1, 0.15) is 5.75 Å². The second-order valence-electron chi connectivity index (χ2n) is 4.48. The lowest BCUT2D eigenvalue weighted by molar-refractivity contribution is -0.114. The molecule has 4 nitrogen and oxygen atoms in total. The molecule has 0 fully saturated rings. The van der Waals surface area contributed by atoms with Crippen molar-refractivity contribution in [2.75, 3.05) is 11.1 Å². The summed E-state index contributed by atoms with van der Waals surface area (Å²) >= 11 is 1.47. The van der Waals surface area contributed by atoms with Crippen molar-refractivity contribution in [1.29, 1.82) is 0 Å². The molecule has 0 radical (unpaired) electrons. The predicted molar refractivity (Wildman–Crippen MR) is 82.1 cm³/mol. The molecule has 104 valence electrons. The number of nitrogen functional groups attached to an aromatic ring is 1. The molecule has 0 atom stereocenters. The number of aromatic hydroxyl groups is 1. The van der Waals surface area contributed by atoms with E-state index in [4.69, 9.17) is 5.73 Å². The molecule has 20 heavy (non-hydrogen) atoms. The SMILES string of the molecule is CC(=O)Nc1ccc(Sc2cc(O)c(C)cc2N)cc1. The Balaban J connectivity index is 2.18. The average molecular weight is 288 g/mol. The van der Waals surface area contributed by atoms with E-state index in [1.54, 1.807) is 12.1 Å². The number of benzene rings is 2. The third-order valence-electron chi connectivity index (χ3n) is 2.73. The standard InChI is InChI=1S/C15H16N2O2S/c1-9-7-13(16)15(8-14(9)19)20-12-5-3-11(4-6-12)17-10(2)18/h3-8,19H,16H2,1-2H3,(H,17,18). The number of phenolic OH excluding ortho intramolecular Hbond substituents is 1. The minimum Gasteiger partial charge on any atom is -0.508 e. The summed E-state index contributed by atoms with van der Waals surface area (Å²) in [7, 11) is 0. The molecule has 2 rings (SSSR count). The van der Waals surface area contributed by atoms with E-state index in [2.05, 4.69) is 5.32 Å². The fraction of sp³-hybridized carbons (Fsp3) is 0.133. The molecule has 0 heterocycles. The first-order chi connectivity index (χ1) is 9.45. The zero-order valence-corrected chi connectivity index (χ0v) is 12.1. The topological polar surface area (TPSA) is 75.3 Å². The minimum atomic E-state index is -0.0990. The summed E-state index contributed by atoms with van der Waals surface area (Å²) in [5.41, 5.74) is 8.09. The Morgan fingerprint density at radius 1 is 1.25 bits per heavy atom. The summed E-state index contributed by atoms with van der Waals surface area (Å²) in [6.45, 7) is 3.28. The summed E-state index contributed by atoms with van der Waals surface area (Å²) in [6.07, 6.45) is 0. The van der Waals surface area contributed by atoms with E-state index >= 15 is 0 Å². The van der Waals surface area contributed by atoms with E-state index in [0.717, 1.165) is 21.0 Å². The van der Waals surface area contributed by atoms with Gasteiger partial charge in [0, 0.05) is 28.1 Å². The quantitative estimate of drug-likeness (QED) is 0.598. The van der Waals surface area contributed by atoms with Crippen molar-refractivity contribution in [2.45, 2.75) is 23.6 Å². The molecule has 0 aliphatic heterocycles. The predicted octanol–water partition coefficient (Wildman–Crippen LogP) is 3.39. The number of carbonyl (C=O) groups excluding carboxylic acids is 1. The van der Waals surface area contributed by atoms with Crippen molar-refractivity contribution in [1.82, 2.24) is 0 Å². The van der Waals surface area contributed by atoms with Gasteiger partial charge in [-0.25, -0.2) is 0 Å². The lowest BCUT2D eigenvalue weighted by Crippen LogP contribution is -2.05. The van der Waals surface area contributed by atoms with E-state index in [1.807, 2.05) is 31.2 Å². The maximum absolute atomic E-state index is 10.9. The van der Waals surface area contributed by atoms with Crippen LogP contribution in [0.4, 0.5) is 11.4 Å². The molecule has 0 spiro atoms. The Bertz CT molecular complexity index is 639. The minimum absolute atomic E-state index is 0.0990. The molecule has 1 amide bonds. The number of carbonyl (C=O) groups is 1.